The third-order valence-electron chi connectivity index (χ3n) is 6.90. The number of pyridine rings is 1. The molecule has 0 radical (unpaired) electrons. The van der Waals surface area contributed by atoms with Crippen molar-refractivity contribution in [1.82, 2.24) is 25.0 Å². The van der Waals surface area contributed by atoms with E-state index in [1.807, 2.05) is 11.0 Å². The number of hydrogen-bond acceptors (Lipinski definition) is 9. The fourth-order valence-corrected chi connectivity index (χ4v) is 4.84. The van der Waals surface area contributed by atoms with E-state index in [0.717, 1.165) is 64.1 Å². The summed E-state index contributed by atoms with van der Waals surface area (Å²) in [7, 11) is 1.56. The van der Waals surface area contributed by atoms with Gasteiger partial charge >= 0.3 is 0 Å². The first-order valence-corrected chi connectivity index (χ1v) is 12.2. The third-order valence-corrected chi connectivity index (χ3v) is 6.90. The highest BCUT2D eigenvalue weighted by Crippen LogP contribution is 2.20. The summed E-state index contributed by atoms with van der Waals surface area (Å²) < 4.78 is 10.8. The van der Waals surface area contributed by atoms with E-state index in [-0.39, 0.29) is 5.91 Å². The summed E-state index contributed by atoms with van der Waals surface area (Å²) in [5.74, 6) is 2.29. The van der Waals surface area contributed by atoms with Crippen molar-refractivity contribution in [3.63, 3.8) is 0 Å². The quantitative estimate of drug-likeness (QED) is 0.621. The number of carbonyl (C=O) groups is 1. The van der Waals surface area contributed by atoms with Crippen molar-refractivity contribution in [2.24, 2.45) is 0 Å². The zero-order valence-electron chi connectivity index (χ0n) is 19.8. The Balaban J connectivity index is 1.10. The number of ether oxygens (including phenoxy) is 2. The second-order valence-corrected chi connectivity index (χ2v) is 9.04. The van der Waals surface area contributed by atoms with Crippen LogP contribution in [-0.4, -0.2) is 110 Å². The highest BCUT2D eigenvalue weighted by atomic mass is 16.5. The predicted molar refractivity (Wildman–Crippen MR) is 129 cm³/mol. The molecule has 0 spiro atoms. The lowest BCUT2D eigenvalue weighted by Gasteiger charge is -2.37. The van der Waals surface area contributed by atoms with Crippen LogP contribution in [0.15, 0.2) is 30.5 Å². The van der Waals surface area contributed by atoms with Gasteiger partial charge in [-0.2, -0.15) is 0 Å². The summed E-state index contributed by atoms with van der Waals surface area (Å²) in [6.07, 6.45) is 4.36. The summed E-state index contributed by atoms with van der Waals surface area (Å²) in [5.41, 5.74) is 0.578. The zero-order valence-corrected chi connectivity index (χ0v) is 19.8. The molecule has 0 saturated carbocycles. The first-order valence-electron chi connectivity index (χ1n) is 12.2. The molecule has 0 bridgehead atoms. The van der Waals surface area contributed by atoms with Gasteiger partial charge in [0.1, 0.15) is 0 Å². The molecular weight excluding hydrogens is 434 g/mol. The third kappa shape index (κ3) is 5.23. The Morgan fingerprint density at radius 3 is 2.18 bits per heavy atom. The molecule has 5 heterocycles. The average Bonchev–Trinajstić information content (AvgIpc) is 3.42. The largest absolute Gasteiger partial charge is 0.481 e. The summed E-state index contributed by atoms with van der Waals surface area (Å²) in [5, 5.41) is 9.01. The van der Waals surface area contributed by atoms with Crippen molar-refractivity contribution in [3.8, 4) is 5.88 Å². The van der Waals surface area contributed by atoms with E-state index >= 15 is 0 Å². The monoisotopic (exact) mass is 467 g/mol. The van der Waals surface area contributed by atoms with Gasteiger partial charge in [-0.05, 0) is 31.0 Å². The van der Waals surface area contributed by atoms with Crippen molar-refractivity contribution in [1.29, 1.82) is 0 Å². The molecule has 3 aliphatic rings. The van der Waals surface area contributed by atoms with E-state index in [9.17, 15) is 4.79 Å². The molecule has 0 aliphatic carbocycles. The maximum absolute atomic E-state index is 12.8. The van der Waals surface area contributed by atoms with Gasteiger partial charge in [0.05, 0.1) is 18.8 Å². The number of aromatic nitrogens is 3. The van der Waals surface area contributed by atoms with Crippen molar-refractivity contribution in [3.05, 3.63) is 36.0 Å². The van der Waals surface area contributed by atoms with Crippen molar-refractivity contribution < 1.29 is 14.3 Å². The molecule has 0 N–H and O–H groups in total. The number of anilines is 2. The van der Waals surface area contributed by atoms with Gasteiger partial charge in [-0.3, -0.25) is 9.69 Å². The van der Waals surface area contributed by atoms with Crippen LogP contribution in [0.4, 0.5) is 11.6 Å². The smallest absolute Gasteiger partial charge is 0.255 e. The molecule has 34 heavy (non-hydrogen) atoms. The molecule has 182 valence electrons. The highest BCUT2D eigenvalue weighted by Gasteiger charge is 2.25. The van der Waals surface area contributed by atoms with Crippen LogP contribution in [0, 0.1) is 0 Å². The molecule has 1 amide bonds. The number of amides is 1. The van der Waals surface area contributed by atoms with Gasteiger partial charge in [0, 0.05) is 77.8 Å². The molecule has 1 unspecified atom stereocenters. The second-order valence-electron chi connectivity index (χ2n) is 9.04. The standard InChI is InChI=1S/C24H33N7O3/c1-33-23-7-4-19(17-25-23)24(32)31-14-12-30(13-15-31)22-6-5-21(26-27-22)29-10-8-28(9-11-29)18-20-3-2-16-34-20/h4-7,17,20H,2-3,8-16,18H2,1H3. The Morgan fingerprint density at radius 1 is 0.971 bits per heavy atom. The molecule has 3 saturated heterocycles. The van der Waals surface area contributed by atoms with E-state index < -0.39 is 0 Å². The number of hydrogen-bond donors (Lipinski definition) is 0. The molecule has 10 nitrogen and oxygen atoms in total. The summed E-state index contributed by atoms with van der Waals surface area (Å²) in [4.78, 5) is 25.8. The van der Waals surface area contributed by atoms with Crippen LogP contribution in [0.2, 0.25) is 0 Å². The molecule has 2 aromatic rings. The predicted octanol–water partition coefficient (Wildman–Crippen LogP) is 1.14. The fourth-order valence-electron chi connectivity index (χ4n) is 4.84. The minimum Gasteiger partial charge on any atom is -0.481 e. The lowest BCUT2D eigenvalue weighted by Crippen LogP contribution is -2.49. The molecule has 5 rings (SSSR count). The van der Waals surface area contributed by atoms with Crippen LogP contribution in [0.5, 0.6) is 5.88 Å². The van der Waals surface area contributed by atoms with E-state index in [0.29, 0.717) is 30.6 Å². The first-order chi connectivity index (χ1) is 16.7. The lowest BCUT2D eigenvalue weighted by atomic mass is 10.2. The first kappa shape index (κ1) is 22.8. The molecule has 3 aliphatic heterocycles. The summed E-state index contributed by atoms with van der Waals surface area (Å²) in [6.45, 7) is 8.67. The van der Waals surface area contributed by atoms with Crippen molar-refractivity contribution in [2.45, 2.75) is 18.9 Å². The van der Waals surface area contributed by atoms with Crippen molar-refractivity contribution in [2.75, 3.05) is 82.4 Å². The van der Waals surface area contributed by atoms with Crippen molar-refractivity contribution >= 4 is 17.5 Å². The average molecular weight is 468 g/mol. The van der Waals surface area contributed by atoms with Crippen LogP contribution in [0.25, 0.3) is 0 Å². The van der Waals surface area contributed by atoms with E-state index in [1.54, 1.807) is 25.4 Å². The highest BCUT2D eigenvalue weighted by molar-refractivity contribution is 5.94. The molecular formula is C24H33N7O3. The summed E-state index contributed by atoms with van der Waals surface area (Å²) >= 11 is 0. The molecule has 2 aromatic heterocycles. The van der Waals surface area contributed by atoms with Gasteiger partial charge in [-0.1, -0.05) is 0 Å². The van der Waals surface area contributed by atoms with Gasteiger partial charge in [-0.25, -0.2) is 4.98 Å². The molecule has 1 atom stereocenters. The SMILES string of the molecule is COc1ccc(C(=O)N2CCN(c3ccc(N4CCN(CC5CCCO5)CC4)nn3)CC2)cn1. The Morgan fingerprint density at radius 2 is 1.65 bits per heavy atom. The Hall–Kier alpha value is -2.98. The maximum atomic E-state index is 12.8. The van der Waals surface area contributed by atoms with Crippen LogP contribution in [0.3, 0.4) is 0 Å². The van der Waals surface area contributed by atoms with E-state index in [2.05, 4.69) is 35.9 Å². The number of nitrogens with zero attached hydrogens (tertiary/aromatic N) is 7. The fraction of sp³-hybridized carbons (Fsp3) is 0.583. The van der Waals surface area contributed by atoms with E-state index in [4.69, 9.17) is 9.47 Å². The number of carbonyl (C=O) groups excluding carboxylic acids is 1. The van der Waals surface area contributed by atoms with Crippen LogP contribution in [-0.2, 0) is 4.74 Å². The van der Waals surface area contributed by atoms with Gasteiger partial charge in [0.15, 0.2) is 11.6 Å². The Kier molecular flexibility index (Phi) is 7.05. The molecule has 0 aromatic carbocycles. The second kappa shape index (κ2) is 10.5. The Labute approximate surface area is 200 Å². The summed E-state index contributed by atoms with van der Waals surface area (Å²) in [6, 6.07) is 7.59. The van der Waals surface area contributed by atoms with Crippen LogP contribution in [0.1, 0.15) is 23.2 Å². The van der Waals surface area contributed by atoms with Gasteiger partial charge in [0.25, 0.3) is 5.91 Å². The minimum atomic E-state index is -0.00475. The van der Waals surface area contributed by atoms with Gasteiger partial charge in [0.2, 0.25) is 5.88 Å². The lowest BCUT2D eigenvalue weighted by molar-refractivity contribution is 0.0712. The minimum absolute atomic E-state index is 0.00475. The normalized spacial score (nSPS) is 21.7. The van der Waals surface area contributed by atoms with Gasteiger partial charge < -0.3 is 24.2 Å². The topological polar surface area (TPSA) is 87.2 Å². The number of piperazine rings is 2. The maximum Gasteiger partial charge on any atom is 0.255 e. The molecule has 3 fully saturated rings. The number of rotatable bonds is 6. The van der Waals surface area contributed by atoms with Crippen LogP contribution >= 0.6 is 0 Å². The number of methoxy groups -OCH3 is 1. The molecule has 10 heteroatoms. The van der Waals surface area contributed by atoms with Gasteiger partial charge in [-0.15, -0.1) is 10.2 Å². The Bertz CT molecular complexity index is 934. The van der Waals surface area contributed by atoms with Crippen LogP contribution < -0.4 is 14.5 Å². The van der Waals surface area contributed by atoms with E-state index in [1.165, 1.54) is 12.8 Å². The zero-order chi connectivity index (χ0) is 23.3.